The predicted octanol–water partition coefficient (Wildman–Crippen LogP) is 1.94. The van der Waals surface area contributed by atoms with Crippen molar-refractivity contribution in [2.45, 2.75) is 25.1 Å². The Kier molecular flexibility index (Phi) is 7.81. The van der Waals surface area contributed by atoms with Gasteiger partial charge in [-0.1, -0.05) is 23.7 Å². The molecule has 17 heteroatoms. The number of nitrogens with zero attached hydrogens (tertiary/aromatic N) is 6. The molecule has 0 saturated carbocycles. The molecule has 1 aliphatic heterocycles. The number of aliphatic hydroxyl groups is 1. The number of pyridine rings is 2. The minimum atomic E-state index is -5.86. The number of methoxy groups -OCH3 is 1. The van der Waals surface area contributed by atoms with E-state index in [1.807, 2.05) is 0 Å². The average molecular weight is 589 g/mol. The smallest absolute Gasteiger partial charge is 0.480 e. The molecule has 0 fully saturated rings. The number of ether oxygens (including phenoxy) is 1. The molecule has 3 aromatic heterocycles. The Bertz CT molecular complexity index is 1580. The van der Waals surface area contributed by atoms with Crippen LogP contribution < -0.4 is 19.5 Å². The Balaban J connectivity index is 1.49. The Morgan fingerprint density at radius 2 is 1.92 bits per heavy atom. The van der Waals surface area contributed by atoms with Crippen LogP contribution >= 0.6 is 11.6 Å². The number of aromatic nitrogens is 5. The molecule has 0 saturated heterocycles. The number of alkyl halides is 3. The maximum absolute atomic E-state index is 12.8. The van der Waals surface area contributed by atoms with Crippen molar-refractivity contribution in [3.8, 4) is 11.8 Å². The van der Waals surface area contributed by atoms with Crippen LogP contribution in [0.25, 0.3) is 5.57 Å². The van der Waals surface area contributed by atoms with E-state index >= 15 is 0 Å². The molecular formula is C22H20ClF3N6O6S. The van der Waals surface area contributed by atoms with Crippen molar-refractivity contribution in [1.29, 1.82) is 0 Å². The summed E-state index contributed by atoms with van der Waals surface area (Å²) < 4.78 is 69.9. The van der Waals surface area contributed by atoms with Crippen LogP contribution in [0.2, 0.25) is 5.02 Å². The van der Waals surface area contributed by atoms with Crippen LogP contribution in [0.4, 0.5) is 19.1 Å². The molecule has 1 N–H and O–H groups in total. The molecule has 0 bridgehead atoms. The molecular weight excluding hydrogens is 569 g/mol. The number of aliphatic hydroxyl groups excluding tert-OH is 1. The lowest BCUT2D eigenvalue weighted by Crippen LogP contribution is -2.40. The molecule has 0 unspecified atom stereocenters. The van der Waals surface area contributed by atoms with Crippen LogP contribution in [0.5, 0.6) is 11.8 Å². The summed E-state index contributed by atoms with van der Waals surface area (Å²) in [4.78, 5) is 30.6. The first-order valence-electron chi connectivity index (χ1n) is 11.0. The highest BCUT2D eigenvalue weighted by Crippen LogP contribution is 2.29. The van der Waals surface area contributed by atoms with E-state index in [-0.39, 0.29) is 37.3 Å². The maximum Gasteiger partial charge on any atom is 0.534 e. The fourth-order valence-corrected chi connectivity index (χ4v) is 4.23. The van der Waals surface area contributed by atoms with Gasteiger partial charge in [-0.15, -0.1) is 0 Å². The topological polar surface area (TPSA) is 150 Å². The highest BCUT2D eigenvalue weighted by molar-refractivity contribution is 7.87. The third kappa shape index (κ3) is 6.12. The Morgan fingerprint density at radius 3 is 2.51 bits per heavy atom. The second kappa shape index (κ2) is 10.8. The molecule has 1 aliphatic rings. The van der Waals surface area contributed by atoms with Gasteiger partial charge >= 0.3 is 21.3 Å². The lowest BCUT2D eigenvalue weighted by atomic mass is 10.0. The quantitative estimate of drug-likeness (QED) is 0.319. The highest BCUT2D eigenvalue weighted by atomic mass is 35.5. The molecule has 39 heavy (non-hydrogen) atoms. The van der Waals surface area contributed by atoms with Crippen molar-refractivity contribution in [3.05, 3.63) is 69.1 Å². The number of aryl methyl sites for hydroxylation is 1. The van der Waals surface area contributed by atoms with E-state index < -0.39 is 33.3 Å². The normalized spacial score (nSPS) is 16.1. The van der Waals surface area contributed by atoms with E-state index in [0.717, 1.165) is 12.3 Å². The number of anilines is 1. The van der Waals surface area contributed by atoms with Gasteiger partial charge in [-0.3, -0.25) is 4.57 Å². The summed E-state index contributed by atoms with van der Waals surface area (Å²) in [6.45, 7) is 1.81. The summed E-state index contributed by atoms with van der Waals surface area (Å²) in [6, 6.07) is 5.44. The summed E-state index contributed by atoms with van der Waals surface area (Å²) in [7, 11) is -4.43. The van der Waals surface area contributed by atoms with Crippen molar-refractivity contribution >= 4 is 33.2 Å². The Hall–Kier alpha value is -3.76. The molecule has 208 valence electrons. The summed E-state index contributed by atoms with van der Waals surface area (Å²) in [5.74, 6) is -0.214. The van der Waals surface area contributed by atoms with Gasteiger partial charge < -0.3 is 18.9 Å². The predicted molar refractivity (Wildman–Crippen MR) is 132 cm³/mol. The largest absolute Gasteiger partial charge is 0.534 e. The van der Waals surface area contributed by atoms with Gasteiger partial charge in [0.15, 0.2) is 0 Å². The van der Waals surface area contributed by atoms with Crippen molar-refractivity contribution in [2.75, 3.05) is 25.1 Å². The molecule has 1 atom stereocenters. The lowest BCUT2D eigenvalue weighted by Gasteiger charge is -2.30. The first-order chi connectivity index (χ1) is 18.3. The van der Waals surface area contributed by atoms with Gasteiger partial charge in [0.25, 0.3) is 0 Å². The fourth-order valence-electron chi connectivity index (χ4n) is 3.63. The minimum Gasteiger partial charge on any atom is -0.480 e. The molecule has 4 rings (SSSR count). The maximum atomic E-state index is 12.8. The van der Waals surface area contributed by atoms with Gasteiger partial charge in [-0.25, -0.2) is 14.8 Å². The number of hydrogen-bond acceptors (Lipinski definition) is 11. The van der Waals surface area contributed by atoms with Gasteiger partial charge in [-0.05, 0) is 24.6 Å². The van der Waals surface area contributed by atoms with Gasteiger partial charge in [0.1, 0.15) is 10.8 Å². The summed E-state index contributed by atoms with van der Waals surface area (Å²) in [6.07, 6.45) is 1.81. The lowest BCUT2D eigenvalue weighted by molar-refractivity contribution is -0.0501. The Morgan fingerprint density at radius 1 is 1.18 bits per heavy atom. The number of rotatable bonds is 7. The molecule has 3 aromatic rings. The van der Waals surface area contributed by atoms with Gasteiger partial charge in [0.05, 0.1) is 32.0 Å². The van der Waals surface area contributed by atoms with E-state index in [1.54, 1.807) is 30.0 Å². The van der Waals surface area contributed by atoms with E-state index in [1.165, 1.54) is 17.7 Å². The summed E-state index contributed by atoms with van der Waals surface area (Å²) >= 11 is 6.02. The monoisotopic (exact) mass is 588 g/mol. The van der Waals surface area contributed by atoms with Crippen molar-refractivity contribution in [1.82, 2.24) is 24.5 Å². The van der Waals surface area contributed by atoms with Gasteiger partial charge in [-0.2, -0.15) is 31.6 Å². The van der Waals surface area contributed by atoms with Crippen LogP contribution in [-0.4, -0.2) is 69.8 Å². The molecule has 0 aliphatic carbocycles. The summed E-state index contributed by atoms with van der Waals surface area (Å²) in [5.41, 5.74) is -4.89. The zero-order valence-electron chi connectivity index (χ0n) is 20.3. The van der Waals surface area contributed by atoms with Crippen molar-refractivity contribution in [3.63, 3.8) is 0 Å². The van der Waals surface area contributed by atoms with Crippen molar-refractivity contribution < 1.29 is 35.6 Å². The van der Waals surface area contributed by atoms with Crippen LogP contribution in [-0.2, 0) is 16.7 Å². The molecule has 4 heterocycles. The zero-order chi connectivity index (χ0) is 28.5. The van der Waals surface area contributed by atoms with Crippen LogP contribution in [0, 0.1) is 6.92 Å². The second-order valence-corrected chi connectivity index (χ2v) is 10.1. The van der Waals surface area contributed by atoms with Gasteiger partial charge in [0, 0.05) is 24.4 Å². The molecule has 12 nitrogen and oxygen atoms in total. The fraction of sp³-hybridized carbons (Fsp3) is 0.318. The molecule has 0 amide bonds. The SMILES string of the molecule is COc1nc(C2=CCN(c3nc(C)n(Cc4ccc(OS(=O)(=O)C(F)(F)F)nc4)c(=O)n3)C[C@@H]2O)ccc1Cl. The van der Waals surface area contributed by atoms with E-state index in [4.69, 9.17) is 16.3 Å². The van der Waals surface area contributed by atoms with Crippen LogP contribution in [0.15, 0.2) is 41.3 Å². The average Bonchev–Trinajstić information content (AvgIpc) is 2.86. The van der Waals surface area contributed by atoms with Gasteiger partial charge in [0.2, 0.25) is 17.7 Å². The van der Waals surface area contributed by atoms with Crippen LogP contribution in [0.1, 0.15) is 17.1 Å². The minimum absolute atomic E-state index is 0.0769. The molecule has 0 radical (unpaired) electrons. The number of hydrogen-bond donors (Lipinski definition) is 1. The third-order valence-electron chi connectivity index (χ3n) is 5.57. The number of β-amino-alcohol motifs (C(OH)–C–C–N with tert-alkyl or cyclic N) is 1. The van der Waals surface area contributed by atoms with Crippen molar-refractivity contribution in [2.24, 2.45) is 0 Å². The standard InChI is InChI=1S/C22H20ClF3N6O6S/c1-12-28-20(31-8-7-14(17(33)11-31)16-5-4-15(23)19(29-16)37-2)30-21(34)32(12)10-13-3-6-18(27-9-13)38-39(35,36)22(24,25)26/h3-7,9,17,33H,8,10-11H2,1-2H3/t17-/m0/s1. The Labute approximate surface area is 224 Å². The highest BCUT2D eigenvalue weighted by Gasteiger charge is 2.48. The van der Waals surface area contributed by atoms with E-state index in [9.17, 15) is 31.5 Å². The summed E-state index contributed by atoms with van der Waals surface area (Å²) in [5, 5.41) is 11.1. The molecule has 0 spiro atoms. The first kappa shape index (κ1) is 28.3. The second-order valence-electron chi connectivity index (χ2n) is 8.20. The third-order valence-corrected chi connectivity index (χ3v) is 6.81. The first-order valence-corrected chi connectivity index (χ1v) is 12.8. The van der Waals surface area contributed by atoms with E-state index in [2.05, 4.69) is 24.1 Å². The number of halogens is 4. The zero-order valence-corrected chi connectivity index (χ0v) is 21.8. The van der Waals surface area contributed by atoms with Crippen LogP contribution in [0.3, 0.4) is 0 Å². The molecule has 0 aromatic carbocycles. The van der Waals surface area contributed by atoms with E-state index in [0.29, 0.717) is 21.9 Å².